The number of guanidine groups is 1. The van der Waals surface area contributed by atoms with Crippen molar-refractivity contribution >= 4 is 12.2 Å². The highest BCUT2D eigenvalue weighted by molar-refractivity contribution is 5.84. The van der Waals surface area contributed by atoms with Crippen LogP contribution in [0.5, 0.6) is 5.75 Å². The Morgan fingerprint density at radius 2 is 2.06 bits per heavy atom. The lowest BCUT2D eigenvalue weighted by molar-refractivity contribution is 0.289. The number of nitrogens with zero attached hydrogens (tertiary/aromatic N) is 2. The minimum absolute atomic E-state index is 0.0653. The largest absolute Gasteiger partial charge is 0.493 e. The summed E-state index contributed by atoms with van der Waals surface area (Å²) in [4.78, 5) is 0. The number of rotatable bonds is 6. The van der Waals surface area contributed by atoms with Crippen LogP contribution < -0.4 is 16.2 Å². The van der Waals surface area contributed by atoms with Gasteiger partial charge in [-0.3, -0.25) is 0 Å². The molecule has 0 heterocycles. The Hall–Kier alpha value is -2.04. The average molecular weight is 248 g/mol. The predicted molar refractivity (Wildman–Crippen MR) is 74.8 cm³/mol. The van der Waals surface area contributed by atoms with Crippen molar-refractivity contribution in [3.8, 4) is 5.75 Å². The second-order valence-electron chi connectivity index (χ2n) is 4.34. The van der Waals surface area contributed by atoms with Gasteiger partial charge >= 0.3 is 0 Å². The van der Waals surface area contributed by atoms with Crippen LogP contribution in [0.2, 0.25) is 0 Å². The van der Waals surface area contributed by atoms with E-state index < -0.39 is 0 Å². The minimum Gasteiger partial charge on any atom is -0.493 e. The van der Waals surface area contributed by atoms with Gasteiger partial charge in [0.05, 0.1) is 12.8 Å². The lowest BCUT2D eigenvalue weighted by atomic mass is 10.1. The Balaban J connectivity index is 2.67. The smallest absolute Gasteiger partial charge is 0.211 e. The molecule has 4 N–H and O–H groups in total. The molecule has 0 aliphatic rings. The van der Waals surface area contributed by atoms with Crippen molar-refractivity contribution in [2.24, 2.45) is 27.6 Å². The maximum Gasteiger partial charge on any atom is 0.211 e. The molecule has 0 aliphatic carbocycles. The molecule has 0 bridgehead atoms. The zero-order chi connectivity index (χ0) is 13.4. The second-order valence-corrected chi connectivity index (χ2v) is 4.34. The number of para-hydroxylation sites is 1. The topological polar surface area (TPSA) is 86.0 Å². The molecule has 5 nitrogen and oxygen atoms in total. The number of ether oxygens (including phenoxy) is 1. The predicted octanol–water partition coefficient (Wildman–Crippen LogP) is 1.72. The van der Waals surface area contributed by atoms with Crippen molar-refractivity contribution in [1.29, 1.82) is 0 Å². The van der Waals surface area contributed by atoms with Crippen LogP contribution in [0.3, 0.4) is 0 Å². The van der Waals surface area contributed by atoms with Crippen molar-refractivity contribution in [2.45, 2.75) is 20.3 Å². The van der Waals surface area contributed by atoms with E-state index in [1.54, 1.807) is 6.21 Å². The molecule has 98 valence electrons. The lowest BCUT2D eigenvalue weighted by Crippen LogP contribution is -2.21. The summed E-state index contributed by atoms with van der Waals surface area (Å²) in [6.07, 6.45) is 2.59. The fourth-order valence-corrected chi connectivity index (χ4v) is 1.28. The summed E-state index contributed by atoms with van der Waals surface area (Å²) < 4.78 is 5.70. The van der Waals surface area contributed by atoms with E-state index in [9.17, 15) is 0 Å². The summed E-state index contributed by atoms with van der Waals surface area (Å²) in [6.45, 7) is 5.01. The van der Waals surface area contributed by atoms with Gasteiger partial charge in [-0.1, -0.05) is 26.0 Å². The van der Waals surface area contributed by atoms with Crippen molar-refractivity contribution in [2.75, 3.05) is 6.61 Å². The SMILES string of the molecule is CC(C)CCOc1ccccc1C=NN=C(N)N. The van der Waals surface area contributed by atoms with E-state index in [4.69, 9.17) is 16.2 Å². The van der Waals surface area contributed by atoms with Crippen molar-refractivity contribution in [1.82, 2.24) is 0 Å². The Morgan fingerprint density at radius 1 is 1.33 bits per heavy atom. The zero-order valence-electron chi connectivity index (χ0n) is 10.8. The van der Waals surface area contributed by atoms with E-state index in [2.05, 4.69) is 24.1 Å². The highest BCUT2D eigenvalue weighted by Crippen LogP contribution is 2.16. The van der Waals surface area contributed by atoms with Crippen molar-refractivity contribution in [3.63, 3.8) is 0 Å². The molecule has 0 atom stereocenters. The molecule has 1 rings (SSSR count). The maximum atomic E-state index is 5.70. The van der Waals surface area contributed by atoms with Crippen molar-refractivity contribution < 1.29 is 4.74 Å². The molecule has 0 amide bonds. The van der Waals surface area contributed by atoms with E-state index in [0.29, 0.717) is 12.5 Å². The molecular weight excluding hydrogens is 228 g/mol. The van der Waals surface area contributed by atoms with Crippen LogP contribution in [0.15, 0.2) is 34.5 Å². The van der Waals surface area contributed by atoms with Crippen LogP contribution in [0.25, 0.3) is 0 Å². The Bertz CT molecular complexity index is 423. The molecule has 0 saturated carbocycles. The van der Waals surface area contributed by atoms with E-state index in [0.717, 1.165) is 17.7 Å². The van der Waals surface area contributed by atoms with Crippen LogP contribution in [-0.2, 0) is 0 Å². The normalized spacial score (nSPS) is 10.8. The number of hydrogen-bond donors (Lipinski definition) is 2. The van der Waals surface area contributed by atoms with Gasteiger partial charge in [0.15, 0.2) is 0 Å². The van der Waals surface area contributed by atoms with Gasteiger partial charge in [-0.15, -0.1) is 5.10 Å². The van der Waals surface area contributed by atoms with E-state index in [1.165, 1.54) is 0 Å². The Kier molecular flexibility index (Phi) is 5.70. The standard InChI is InChI=1S/C13H20N4O/c1-10(2)7-8-18-12-6-4-3-5-11(12)9-16-17-13(14)15/h3-6,9-10H,7-8H2,1-2H3,(H4,14,15,17). The lowest BCUT2D eigenvalue weighted by Gasteiger charge is -2.09. The molecule has 0 aromatic heterocycles. The molecule has 0 aliphatic heterocycles. The van der Waals surface area contributed by atoms with Crippen LogP contribution in [0.1, 0.15) is 25.8 Å². The monoisotopic (exact) mass is 248 g/mol. The third-order valence-corrected chi connectivity index (χ3v) is 2.24. The average Bonchev–Trinajstić information content (AvgIpc) is 2.30. The van der Waals surface area contributed by atoms with E-state index in [-0.39, 0.29) is 5.96 Å². The quantitative estimate of drug-likeness (QED) is 0.456. The molecule has 0 spiro atoms. The first-order chi connectivity index (χ1) is 8.59. The molecule has 5 heteroatoms. The number of benzene rings is 1. The summed E-state index contributed by atoms with van der Waals surface area (Å²) in [5.41, 5.74) is 11.2. The summed E-state index contributed by atoms with van der Waals surface area (Å²) in [6, 6.07) is 7.63. The van der Waals surface area contributed by atoms with E-state index >= 15 is 0 Å². The highest BCUT2D eigenvalue weighted by atomic mass is 16.5. The molecule has 1 aromatic rings. The molecule has 18 heavy (non-hydrogen) atoms. The van der Waals surface area contributed by atoms with Crippen LogP contribution in [-0.4, -0.2) is 18.8 Å². The molecule has 0 radical (unpaired) electrons. The first-order valence-electron chi connectivity index (χ1n) is 5.93. The van der Waals surface area contributed by atoms with Gasteiger partial charge in [0.2, 0.25) is 5.96 Å². The van der Waals surface area contributed by atoms with Crippen LogP contribution in [0.4, 0.5) is 0 Å². The van der Waals surface area contributed by atoms with Crippen molar-refractivity contribution in [3.05, 3.63) is 29.8 Å². The third-order valence-electron chi connectivity index (χ3n) is 2.24. The van der Waals surface area contributed by atoms with Gasteiger partial charge in [0.1, 0.15) is 5.75 Å². The van der Waals surface area contributed by atoms with Crippen LogP contribution in [0, 0.1) is 5.92 Å². The van der Waals surface area contributed by atoms with Gasteiger partial charge in [-0.05, 0) is 24.5 Å². The molecule has 0 saturated heterocycles. The summed E-state index contributed by atoms with van der Waals surface area (Å²) in [5.74, 6) is 1.34. The summed E-state index contributed by atoms with van der Waals surface area (Å²) in [7, 11) is 0. The van der Waals surface area contributed by atoms with Gasteiger partial charge in [-0.2, -0.15) is 5.10 Å². The maximum absolute atomic E-state index is 5.70. The Morgan fingerprint density at radius 3 is 2.72 bits per heavy atom. The molecule has 1 aromatic carbocycles. The summed E-state index contributed by atoms with van der Waals surface area (Å²) in [5, 5.41) is 7.33. The zero-order valence-corrected chi connectivity index (χ0v) is 10.8. The molecule has 0 fully saturated rings. The second kappa shape index (κ2) is 7.32. The van der Waals surface area contributed by atoms with Crippen LogP contribution >= 0.6 is 0 Å². The first kappa shape index (κ1) is 14.0. The minimum atomic E-state index is -0.0653. The number of hydrogen-bond acceptors (Lipinski definition) is 3. The highest BCUT2D eigenvalue weighted by Gasteiger charge is 2.01. The fraction of sp³-hybridized carbons (Fsp3) is 0.385. The van der Waals surface area contributed by atoms with Gasteiger partial charge in [0.25, 0.3) is 0 Å². The molecule has 0 unspecified atom stereocenters. The van der Waals surface area contributed by atoms with Gasteiger partial charge in [-0.25, -0.2) is 0 Å². The van der Waals surface area contributed by atoms with Gasteiger partial charge in [0, 0.05) is 5.56 Å². The first-order valence-corrected chi connectivity index (χ1v) is 5.93. The number of nitrogens with two attached hydrogens (primary N) is 2. The third kappa shape index (κ3) is 5.34. The fourth-order valence-electron chi connectivity index (χ4n) is 1.28. The Labute approximate surface area is 108 Å². The van der Waals surface area contributed by atoms with Gasteiger partial charge < -0.3 is 16.2 Å². The van der Waals surface area contributed by atoms with E-state index in [1.807, 2.05) is 24.3 Å². The summed E-state index contributed by atoms with van der Waals surface area (Å²) >= 11 is 0. The molecular formula is C13H20N4O.